The first-order chi connectivity index (χ1) is 13.8. The molecule has 13 heteroatoms. The van der Waals surface area contributed by atoms with Gasteiger partial charge in [0.1, 0.15) is 0 Å². The van der Waals surface area contributed by atoms with Crippen LogP contribution in [-0.4, -0.2) is 79.9 Å². The van der Waals surface area contributed by atoms with Crippen LogP contribution in [0.1, 0.15) is 0 Å². The van der Waals surface area contributed by atoms with Crippen molar-refractivity contribution in [3.8, 4) is 11.5 Å². The van der Waals surface area contributed by atoms with Crippen LogP contribution in [-0.2, 0) is 14.8 Å². The zero-order valence-electron chi connectivity index (χ0n) is 15.9. The third kappa shape index (κ3) is 4.91. The first kappa shape index (κ1) is 21.6. The monoisotopic (exact) mass is 459 g/mol. The largest absolute Gasteiger partial charge is 0.493 e. The molecule has 2 N–H and O–H groups in total. The first-order valence-electron chi connectivity index (χ1n) is 8.57. The van der Waals surface area contributed by atoms with E-state index in [0.717, 1.165) is 0 Å². The average molecular weight is 460 g/mol. The second-order valence-corrected chi connectivity index (χ2v) is 10.2. The van der Waals surface area contributed by atoms with Crippen molar-refractivity contribution in [2.75, 3.05) is 51.9 Å². The van der Waals surface area contributed by atoms with E-state index < -0.39 is 10.0 Å². The van der Waals surface area contributed by atoms with E-state index in [2.05, 4.69) is 10.2 Å². The lowest BCUT2D eigenvalue weighted by Gasteiger charge is -2.34. The lowest BCUT2D eigenvalue weighted by atomic mass is 10.3. The van der Waals surface area contributed by atoms with E-state index in [1.165, 1.54) is 53.8 Å². The van der Waals surface area contributed by atoms with E-state index in [-0.39, 0.29) is 29.6 Å². The molecule has 0 aliphatic carbocycles. The summed E-state index contributed by atoms with van der Waals surface area (Å²) in [7, 11) is -0.759. The summed E-state index contributed by atoms with van der Waals surface area (Å²) in [6.07, 6.45) is 0. The number of nitrogen functional groups attached to an aromatic ring is 1. The molecule has 158 valence electrons. The Bertz CT molecular complexity index is 973. The van der Waals surface area contributed by atoms with Gasteiger partial charge in [-0.3, -0.25) is 4.79 Å². The molecule has 29 heavy (non-hydrogen) atoms. The van der Waals surface area contributed by atoms with E-state index in [9.17, 15) is 13.2 Å². The van der Waals surface area contributed by atoms with Crippen molar-refractivity contribution >= 4 is 44.2 Å². The van der Waals surface area contributed by atoms with Crippen molar-refractivity contribution in [3.63, 3.8) is 0 Å². The smallest absolute Gasteiger partial charge is 0.243 e. The second-order valence-electron chi connectivity index (χ2n) is 6.00. The highest BCUT2D eigenvalue weighted by molar-refractivity contribution is 8.01. The third-order valence-corrected chi connectivity index (χ3v) is 8.09. The van der Waals surface area contributed by atoms with Crippen LogP contribution in [0.2, 0.25) is 0 Å². The zero-order chi connectivity index (χ0) is 21.0. The molecule has 3 rings (SSSR count). The van der Waals surface area contributed by atoms with Gasteiger partial charge in [-0.15, -0.1) is 10.2 Å². The van der Waals surface area contributed by atoms with Gasteiger partial charge >= 0.3 is 0 Å². The van der Waals surface area contributed by atoms with Crippen molar-refractivity contribution in [2.24, 2.45) is 0 Å². The third-order valence-electron chi connectivity index (χ3n) is 4.33. The number of benzene rings is 1. The van der Waals surface area contributed by atoms with Crippen LogP contribution in [0.4, 0.5) is 5.13 Å². The number of anilines is 1. The number of rotatable bonds is 7. The normalized spacial score (nSPS) is 15.3. The molecule has 1 fully saturated rings. The Morgan fingerprint density at radius 3 is 2.45 bits per heavy atom. The predicted octanol–water partition coefficient (Wildman–Crippen LogP) is 0.763. The Morgan fingerprint density at radius 2 is 1.86 bits per heavy atom. The molecule has 2 aromatic rings. The summed E-state index contributed by atoms with van der Waals surface area (Å²) in [5.41, 5.74) is 5.53. The molecule has 1 aromatic carbocycles. The molecule has 0 radical (unpaired) electrons. The summed E-state index contributed by atoms with van der Waals surface area (Å²) < 4.78 is 38.2. The molecule has 1 aliphatic rings. The van der Waals surface area contributed by atoms with Gasteiger partial charge in [0, 0.05) is 32.2 Å². The number of thioether (sulfide) groups is 1. The minimum Gasteiger partial charge on any atom is -0.493 e. The Labute approximate surface area is 177 Å². The number of piperazine rings is 1. The van der Waals surface area contributed by atoms with Crippen LogP contribution in [0.5, 0.6) is 11.5 Å². The lowest BCUT2D eigenvalue weighted by molar-refractivity contribution is -0.129. The van der Waals surface area contributed by atoms with Crippen LogP contribution >= 0.6 is 23.1 Å². The Morgan fingerprint density at radius 1 is 1.17 bits per heavy atom. The molecule has 1 aliphatic heterocycles. The van der Waals surface area contributed by atoms with Crippen molar-refractivity contribution in [2.45, 2.75) is 9.24 Å². The number of methoxy groups -OCH3 is 2. The minimum absolute atomic E-state index is 0.0769. The molecule has 2 heterocycles. The van der Waals surface area contributed by atoms with Gasteiger partial charge in [-0.25, -0.2) is 8.42 Å². The maximum Gasteiger partial charge on any atom is 0.243 e. The van der Waals surface area contributed by atoms with E-state index in [0.29, 0.717) is 34.1 Å². The first-order valence-corrected chi connectivity index (χ1v) is 11.8. The van der Waals surface area contributed by atoms with Gasteiger partial charge in [-0.1, -0.05) is 23.1 Å². The quantitative estimate of drug-likeness (QED) is 0.597. The minimum atomic E-state index is -3.70. The van der Waals surface area contributed by atoms with Crippen molar-refractivity contribution in [3.05, 3.63) is 18.2 Å². The number of sulfonamides is 1. The van der Waals surface area contributed by atoms with Gasteiger partial charge in [0.25, 0.3) is 0 Å². The molecule has 1 amide bonds. The maximum atomic E-state index is 12.9. The van der Waals surface area contributed by atoms with E-state index in [1.807, 2.05) is 0 Å². The number of amides is 1. The fraction of sp³-hybridized carbons (Fsp3) is 0.438. The van der Waals surface area contributed by atoms with Gasteiger partial charge < -0.3 is 20.1 Å². The maximum absolute atomic E-state index is 12.9. The molecule has 0 atom stereocenters. The van der Waals surface area contributed by atoms with Crippen LogP contribution < -0.4 is 15.2 Å². The average Bonchev–Trinajstić information content (AvgIpc) is 3.16. The van der Waals surface area contributed by atoms with Crippen LogP contribution in [0.3, 0.4) is 0 Å². The van der Waals surface area contributed by atoms with Crippen LogP contribution in [0.15, 0.2) is 27.4 Å². The Balaban J connectivity index is 1.59. The molecule has 0 saturated carbocycles. The second kappa shape index (κ2) is 9.15. The molecule has 1 saturated heterocycles. The summed E-state index contributed by atoms with van der Waals surface area (Å²) >= 11 is 2.49. The molecule has 0 unspecified atom stereocenters. The van der Waals surface area contributed by atoms with Crippen LogP contribution in [0, 0.1) is 0 Å². The summed E-state index contributed by atoms with van der Waals surface area (Å²) in [4.78, 5) is 14.2. The zero-order valence-corrected chi connectivity index (χ0v) is 18.3. The molecule has 10 nitrogen and oxygen atoms in total. The number of nitrogens with two attached hydrogens (primary N) is 1. The number of carbonyl (C=O) groups is 1. The predicted molar refractivity (Wildman–Crippen MR) is 110 cm³/mol. The molecular weight excluding hydrogens is 438 g/mol. The SMILES string of the molecule is COc1ccc(S(=O)(=O)N2CCN(C(=O)CSc3nnc(N)s3)CC2)cc1OC. The van der Waals surface area contributed by atoms with Crippen LogP contribution in [0.25, 0.3) is 0 Å². The summed E-state index contributed by atoms with van der Waals surface area (Å²) in [5.74, 6) is 0.928. The van der Waals surface area contributed by atoms with Gasteiger partial charge in [0.05, 0.1) is 24.9 Å². The van der Waals surface area contributed by atoms with Crippen molar-refractivity contribution in [1.82, 2.24) is 19.4 Å². The van der Waals surface area contributed by atoms with Crippen molar-refractivity contribution < 1.29 is 22.7 Å². The number of hydrogen-bond acceptors (Lipinski definition) is 10. The molecule has 0 spiro atoms. The Hall–Kier alpha value is -2.09. The summed E-state index contributed by atoms with van der Waals surface area (Å²) in [6.45, 7) is 1.09. The highest BCUT2D eigenvalue weighted by Gasteiger charge is 2.30. The standard InChI is InChI=1S/C16H21N5O5S3/c1-25-12-4-3-11(9-13(12)26-2)29(23,24)21-7-5-20(6-8-21)14(22)10-27-16-19-18-15(17)28-16/h3-4,9H,5-8,10H2,1-2H3,(H2,17,18). The fourth-order valence-electron chi connectivity index (χ4n) is 2.80. The Kier molecular flexibility index (Phi) is 6.82. The number of ether oxygens (including phenoxy) is 2. The number of carbonyl (C=O) groups excluding carboxylic acids is 1. The summed E-state index contributed by atoms with van der Waals surface area (Å²) in [6, 6.07) is 4.48. The van der Waals surface area contributed by atoms with Gasteiger partial charge in [-0.05, 0) is 12.1 Å². The van der Waals surface area contributed by atoms with E-state index in [4.69, 9.17) is 15.2 Å². The summed E-state index contributed by atoms with van der Waals surface area (Å²) in [5, 5.41) is 7.93. The van der Waals surface area contributed by atoms with E-state index >= 15 is 0 Å². The highest BCUT2D eigenvalue weighted by Crippen LogP contribution is 2.31. The van der Waals surface area contributed by atoms with Crippen molar-refractivity contribution in [1.29, 1.82) is 0 Å². The highest BCUT2D eigenvalue weighted by atomic mass is 32.2. The van der Waals surface area contributed by atoms with Gasteiger partial charge in [0.2, 0.25) is 21.1 Å². The number of nitrogens with zero attached hydrogens (tertiary/aromatic N) is 4. The molecular formula is C16H21N5O5S3. The topological polar surface area (TPSA) is 128 Å². The molecule has 0 bridgehead atoms. The number of hydrogen-bond donors (Lipinski definition) is 1. The van der Waals surface area contributed by atoms with E-state index in [1.54, 1.807) is 11.0 Å². The van der Waals surface area contributed by atoms with Gasteiger partial charge in [0.15, 0.2) is 15.8 Å². The van der Waals surface area contributed by atoms with Gasteiger partial charge in [-0.2, -0.15) is 4.31 Å². The molecule has 1 aromatic heterocycles. The lowest BCUT2D eigenvalue weighted by Crippen LogP contribution is -2.50. The number of aromatic nitrogens is 2. The fourth-order valence-corrected chi connectivity index (χ4v) is 5.77.